The van der Waals surface area contributed by atoms with Crippen LogP contribution in [0.25, 0.3) is 0 Å². The first kappa shape index (κ1) is 20.1. The van der Waals surface area contributed by atoms with E-state index in [-0.39, 0.29) is 5.92 Å². The largest absolute Gasteiger partial charge is 0.392 e. The molecule has 1 aliphatic heterocycles. The smallest absolute Gasteiger partial charge is 0.183 e. The summed E-state index contributed by atoms with van der Waals surface area (Å²) in [5.41, 5.74) is 0. The van der Waals surface area contributed by atoms with Crippen LogP contribution >= 0.6 is 0 Å². The van der Waals surface area contributed by atoms with Gasteiger partial charge in [0.05, 0.1) is 5.22 Å². The molecule has 2 nitrogen and oxygen atoms in total. The van der Waals surface area contributed by atoms with Gasteiger partial charge in [-0.1, -0.05) is 97.9 Å². The molecule has 3 aromatic carbocycles. The minimum atomic E-state index is -2.75. The van der Waals surface area contributed by atoms with Crippen molar-refractivity contribution < 1.29 is 5.11 Å². The molecule has 0 amide bonds. The first-order valence-electron chi connectivity index (χ1n) is 10.6. The van der Waals surface area contributed by atoms with E-state index in [0.717, 1.165) is 13.0 Å². The molecule has 1 N–H and O–H groups in total. The van der Waals surface area contributed by atoms with Gasteiger partial charge in [-0.05, 0) is 41.9 Å². The summed E-state index contributed by atoms with van der Waals surface area (Å²) >= 11 is 0. The van der Waals surface area contributed by atoms with E-state index in [4.69, 9.17) is 0 Å². The summed E-state index contributed by atoms with van der Waals surface area (Å²) in [6.45, 7) is 5.38. The van der Waals surface area contributed by atoms with Crippen LogP contribution in [0.15, 0.2) is 91.0 Å². The van der Waals surface area contributed by atoms with Crippen LogP contribution in [-0.4, -0.2) is 42.9 Å². The molecule has 0 unspecified atom stereocenters. The van der Waals surface area contributed by atoms with E-state index < -0.39 is 13.3 Å². The Morgan fingerprint density at radius 3 is 1.52 bits per heavy atom. The molecule has 29 heavy (non-hydrogen) atoms. The van der Waals surface area contributed by atoms with Crippen molar-refractivity contribution in [2.45, 2.75) is 31.5 Å². The summed E-state index contributed by atoms with van der Waals surface area (Å²) in [5, 5.41) is 15.8. The molecule has 3 atom stereocenters. The fourth-order valence-electron chi connectivity index (χ4n) is 5.41. The van der Waals surface area contributed by atoms with Crippen molar-refractivity contribution >= 4 is 23.6 Å². The van der Waals surface area contributed by atoms with Gasteiger partial charge in [0.15, 0.2) is 8.07 Å². The van der Waals surface area contributed by atoms with E-state index in [0.29, 0.717) is 6.04 Å². The Morgan fingerprint density at radius 1 is 0.759 bits per heavy atom. The Bertz CT molecular complexity index is 834. The average Bonchev–Trinajstić information content (AvgIpc) is 2.75. The minimum absolute atomic E-state index is 0.163. The highest BCUT2D eigenvalue weighted by Gasteiger charge is 2.60. The number of piperidine rings is 1. The number of rotatable bonds is 4. The van der Waals surface area contributed by atoms with Crippen molar-refractivity contribution in [3.05, 3.63) is 91.0 Å². The standard InChI is InChI=1S/C26H31NOSi/c1-21-20-27(3)22(2)19-26(21,28)29(23-13-7-4-8-14-23,24-15-9-5-10-16-24)25-17-11-6-12-18-25/h4-18,21-22,28H,19-20H2,1-3H3/t21-,22-,26+/m1/s1. The summed E-state index contributed by atoms with van der Waals surface area (Å²) in [5.74, 6) is 0.163. The first-order chi connectivity index (χ1) is 14.0. The molecule has 150 valence electrons. The van der Waals surface area contributed by atoms with Crippen LogP contribution in [0.4, 0.5) is 0 Å². The molecule has 0 aromatic heterocycles. The van der Waals surface area contributed by atoms with Crippen LogP contribution < -0.4 is 15.6 Å². The molecule has 3 aromatic rings. The van der Waals surface area contributed by atoms with Gasteiger partial charge in [0, 0.05) is 12.6 Å². The second-order valence-electron chi connectivity index (χ2n) is 8.67. The van der Waals surface area contributed by atoms with E-state index in [1.807, 2.05) is 0 Å². The SMILES string of the molecule is C[C@@H]1C[C@](O)([Si](c2ccccc2)(c2ccccc2)c2ccccc2)[C@H](C)CN1C. The molecule has 0 spiro atoms. The van der Waals surface area contributed by atoms with Gasteiger partial charge in [-0.2, -0.15) is 0 Å². The van der Waals surface area contributed by atoms with Gasteiger partial charge in [-0.25, -0.2) is 0 Å². The van der Waals surface area contributed by atoms with E-state index in [1.54, 1.807) is 0 Å². The Labute approximate surface area is 175 Å². The lowest BCUT2D eigenvalue weighted by atomic mass is 9.91. The van der Waals surface area contributed by atoms with Crippen molar-refractivity contribution in [2.24, 2.45) is 5.92 Å². The van der Waals surface area contributed by atoms with Crippen LogP contribution in [0.2, 0.25) is 0 Å². The lowest BCUT2D eigenvalue weighted by Gasteiger charge is -2.55. The van der Waals surface area contributed by atoms with Crippen molar-refractivity contribution in [3.8, 4) is 0 Å². The maximum atomic E-state index is 12.7. The predicted molar refractivity (Wildman–Crippen MR) is 125 cm³/mol. The first-order valence-corrected chi connectivity index (χ1v) is 12.6. The second kappa shape index (κ2) is 7.90. The van der Waals surface area contributed by atoms with Gasteiger partial charge in [-0.15, -0.1) is 0 Å². The number of aliphatic hydroxyl groups is 1. The fraction of sp³-hybridized carbons (Fsp3) is 0.308. The van der Waals surface area contributed by atoms with Crippen LogP contribution in [0.3, 0.4) is 0 Å². The number of likely N-dealkylation sites (tertiary alicyclic amines) is 1. The number of benzene rings is 3. The van der Waals surface area contributed by atoms with Crippen molar-refractivity contribution in [1.82, 2.24) is 4.90 Å². The van der Waals surface area contributed by atoms with E-state index in [9.17, 15) is 5.11 Å². The van der Waals surface area contributed by atoms with Crippen molar-refractivity contribution in [3.63, 3.8) is 0 Å². The third-order valence-electron chi connectivity index (χ3n) is 7.01. The van der Waals surface area contributed by atoms with Crippen LogP contribution in [0.5, 0.6) is 0 Å². The third kappa shape index (κ3) is 3.18. The van der Waals surface area contributed by atoms with Gasteiger partial charge in [0.2, 0.25) is 0 Å². The molecule has 3 heteroatoms. The van der Waals surface area contributed by atoms with Crippen LogP contribution in [-0.2, 0) is 0 Å². The quantitative estimate of drug-likeness (QED) is 0.537. The number of hydrogen-bond donors (Lipinski definition) is 1. The lowest BCUT2D eigenvalue weighted by Crippen LogP contribution is -2.83. The average molecular weight is 402 g/mol. The Balaban J connectivity index is 2.09. The summed E-state index contributed by atoms with van der Waals surface area (Å²) in [7, 11) is -0.575. The number of hydrogen-bond acceptors (Lipinski definition) is 2. The van der Waals surface area contributed by atoms with Gasteiger partial charge >= 0.3 is 0 Å². The predicted octanol–water partition coefficient (Wildman–Crippen LogP) is 2.79. The highest BCUT2D eigenvalue weighted by atomic mass is 28.3. The normalized spacial score (nSPS) is 25.7. The van der Waals surface area contributed by atoms with Crippen molar-refractivity contribution in [1.29, 1.82) is 0 Å². The molecule has 4 rings (SSSR count). The molecule has 1 fully saturated rings. The highest BCUT2D eigenvalue weighted by Crippen LogP contribution is 2.38. The van der Waals surface area contributed by atoms with Crippen LogP contribution in [0, 0.1) is 5.92 Å². The minimum Gasteiger partial charge on any atom is -0.392 e. The molecule has 1 saturated heterocycles. The molecule has 0 radical (unpaired) electrons. The van der Waals surface area contributed by atoms with Gasteiger partial charge < -0.3 is 10.0 Å². The molecule has 1 aliphatic rings. The Morgan fingerprint density at radius 2 is 1.14 bits per heavy atom. The summed E-state index contributed by atoms with van der Waals surface area (Å²) in [4.78, 5) is 2.39. The zero-order valence-electron chi connectivity index (χ0n) is 17.6. The Kier molecular flexibility index (Phi) is 5.47. The molecular formula is C26H31NOSi. The molecular weight excluding hydrogens is 370 g/mol. The number of nitrogens with zero attached hydrogens (tertiary/aromatic N) is 1. The summed E-state index contributed by atoms with van der Waals surface area (Å²) < 4.78 is 0. The lowest BCUT2D eigenvalue weighted by molar-refractivity contribution is -0.0219. The monoisotopic (exact) mass is 401 g/mol. The molecule has 1 heterocycles. The maximum Gasteiger partial charge on any atom is 0.183 e. The summed E-state index contributed by atoms with van der Waals surface area (Å²) in [6.07, 6.45) is 0.773. The Hall–Kier alpha value is -2.20. The zero-order valence-corrected chi connectivity index (χ0v) is 18.6. The highest BCUT2D eigenvalue weighted by molar-refractivity contribution is 7.13. The maximum absolute atomic E-state index is 12.7. The van der Waals surface area contributed by atoms with E-state index in [2.05, 4.69) is 117 Å². The van der Waals surface area contributed by atoms with E-state index in [1.165, 1.54) is 15.6 Å². The third-order valence-corrected chi connectivity index (χ3v) is 12.6. The topological polar surface area (TPSA) is 23.5 Å². The van der Waals surface area contributed by atoms with Gasteiger partial charge in [0.25, 0.3) is 0 Å². The molecule has 0 aliphatic carbocycles. The van der Waals surface area contributed by atoms with E-state index >= 15 is 0 Å². The molecule has 0 bridgehead atoms. The summed E-state index contributed by atoms with van der Waals surface area (Å²) in [6, 6.07) is 32.7. The second-order valence-corrected chi connectivity index (χ2v) is 12.8. The van der Waals surface area contributed by atoms with Crippen LogP contribution in [0.1, 0.15) is 20.3 Å². The zero-order chi connectivity index (χ0) is 20.5. The van der Waals surface area contributed by atoms with Gasteiger partial charge in [-0.3, -0.25) is 0 Å². The fourth-order valence-corrected chi connectivity index (χ4v) is 11.4. The van der Waals surface area contributed by atoms with Gasteiger partial charge in [0.1, 0.15) is 0 Å². The van der Waals surface area contributed by atoms with Crippen molar-refractivity contribution in [2.75, 3.05) is 13.6 Å². The molecule has 0 saturated carbocycles.